The van der Waals surface area contributed by atoms with Crippen LogP contribution < -0.4 is 4.74 Å². The van der Waals surface area contributed by atoms with Gasteiger partial charge in [-0.25, -0.2) is 0 Å². The maximum Gasteiger partial charge on any atom is 0.162 e. The molecule has 0 bridgehead atoms. The zero-order chi connectivity index (χ0) is 12.3. The van der Waals surface area contributed by atoms with E-state index in [1.807, 2.05) is 46.8 Å². The summed E-state index contributed by atoms with van der Waals surface area (Å²) in [5.74, 6) is 1.09. The minimum absolute atomic E-state index is 0.158. The second-order valence-electron chi connectivity index (χ2n) is 4.38. The summed E-state index contributed by atoms with van der Waals surface area (Å²) in [5, 5.41) is 0. The zero-order valence-electron chi connectivity index (χ0n) is 10.8. The van der Waals surface area contributed by atoms with Crippen LogP contribution in [0.2, 0.25) is 0 Å². The topological polar surface area (TPSA) is 26.3 Å². The number of hydrogen-bond donors (Lipinski definition) is 0. The highest BCUT2D eigenvalue weighted by Crippen LogP contribution is 2.26. The first-order valence-corrected chi connectivity index (χ1v) is 5.76. The summed E-state index contributed by atoms with van der Waals surface area (Å²) >= 11 is 0. The van der Waals surface area contributed by atoms with E-state index in [9.17, 15) is 4.79 Å². The number of benzene rings is 1. The molecule has 0 atom stereocenters. The van der Waals surface area contributed by atoms with E-state index in [-0.39, 0.29) is 11.9 Å². The van der Waals surface area contributed by atoms with E-state index < -0.39 is 0 Å². The van der Waals surface area contributed by atoms with Crippen LogP contribution >= 0.6 is 0 Å². The molecule has 0 saturated heterocycles. The lowest BCUT2D eigenvalue weighted by molar-refractivity contribution is 0.0988. The summed E-state index contributed by atoms with van der Waals surface area (Å²) in [7, 11) is 0. The number of carbonyl (C=O) groups is 1. The van der Waals surface area contributed by atoms with Crippen LogP contribution in [0.5, 0.6) is 5.75 Å². The van der Waals surface area contributed by atoms with Gasteiger partial charge in [-0.05, 0) is 51.0 Å². The lowest BCUT2D eigenvalue weighted by atomic mass is 10.0. The van der Waals surface area contributed by atoms with Crippen molar-refractivity contribution in [3.63, 3.8) is 0 Å². The molecule has 1 rings (SSSR count). The van der Waals surface area contributed by atoms with Crippen molar-refractivity contribution in [2.24, 2.45) is 0 Å². The van der Waals surface area contributed by atoms with Gasteiger partial charge in [0.25, 0.3) is 0 Å². The predicted molar refractivity (Wildman–Crippen MR) is 66.3 cm³/mol. The van der Waals surface area contributed by atoms with Gasteiger partial charge in [-0.2, -0.15) is 0 Å². The maximum atomic E-state index is 11.6. The summed E-state index contributed by atoms with van der Waals surface area (Å²) in [5.41, 5.74) is 2.85. The van der Waals surface area contributed by atoms with Crippen LogP contribution in [-0.2, 0) is 0 Å². The Morgan fingerprint density at radius 2 is 1.75 bits per heavy atom. The first-order chi connectivity index (χ1) is 7.45. The highest BCUT2D eigenvalue weighted by atomic mass is 16.5. The van der Waals surface area contributed by atoms with E-state index in [0.29, 0.717) is 6.42 Å². The molecule has 16 heavy (non-hydrogen) atoms. The fraction of sp³-hybridized carbons (Fsp3) is 0.500. The zero-order valence-corrected chi connectivity index (χ0v) is 10.8. The molecule has 0 N–H and O–H groups in total. The van der Waals surface area contributed by atoms with Gasteiger partial charge in [0.2, 0.25) is 0 Å². The van der Waals surface area contributed by atoms with Crippen molar-refractivity contribution in [2.45, 2.75) is 47.1 Å². The van der Waals surface area contributed by atoms with Crippen LogP contribution in [0.3, 0.4) is 0 Å². The van der Waals surface area contributed by atoms with Crippen LogP contribution in [0.4, 0.5) is 0 Å². The minimum atomic E-state index is 0.158. The van der Waals surface area contributed by atoms with Crippen LogP contribution in [0.1, 0.15) is 48.7 Å². The van der Waals surface area contributed by atoms with Gasteiger partial charge >= 0.3 is 0 Å². The summed E-state index contributed by atoms with van der Waals surface area (Å²) < 4.78 is 5.73. The largest absolute Gasteiger partial charge is 0.490 e. The molecule has 2 nitrogen and oxygen atoms in total. The monoisotopic (exact) mass is 220 g/mol. The SMILES string of the molecule is CCC(=O)c1cc(C)c(OC(C)C)c(C)c1. The van der Waals surface area contributed by atoms with Gasteiger partial charge in [-0.3, -0.25) is 4.79 Å². The molecule has 0 fully saturated rings. The Morgan fingerprint density at radius 1 is 1.25 bits per heavy atom. The van der Waals surface area contributed by atoms with Crippen molar-refractivity contribution in [1.82, 2.24) is 0 Å². The molecule has 88 valence electrons. The molecule has 0 amide bonds. The molecule has 0 unspecified atom stereocenters. The maximum absolute atomic E-state index is 11.6. The summed E-state index contributed by atoms with van der Waals surface area (Å²) in [6.07, 6.45) is 0.702. The highest BCUT2D eigenvalue weighted by Gasteiger charge is 2.11. The number of carbonyl (C=O) groups excluding carboxylic acids is 1. The number of rotatable bonds is 4. The van der Waals surface area contributed by atoms with E-state index in [1.165, 1.54) is 0 Å². The number of hydrogen-bond acceptors (Lipinski definition) is 2. The first kappa shape index (κ1) is 12.8. The fourth-order valence-corrected chi connectivity index (χ4v) is 1.74. The van der Waals surface area contributed by atoms with Crippen molar-refractivity contribution in [2.75, 3.05) is 0 Å². The van der Waals surface area contributed by atoms with Gasteiger partial charge < -0.3 is 4.74 Å². The Bertz CT molecular complexity index is 369. The van der Waals surface area contributed by atoms with Gasteiger partial charge in [-0.1, -0.05) is 6.92 Å². The molecular formula is C14H20O2. The Balaban J connectivity index is 3.12. The standard InChI is InChI=1S/C14H20O2/c1-6-13(15)12-7-10(4)14(11(5)8-12)16-9(2)3/h7-9H,6H2,1-5H3. The molecule has 1 aromatic carbocycles. The van der Waals surface area contributed by atoms with Crippen LogP contribution in [0.15, 0.2) is 12.1 Å². The number of Topliss-reactive ketones (excluding diaryl/α,β-unsaturated/α-hetero) is 1. The number of aryl methyl sites for hydroxylation is 2. The Labute approximate surface area is 97.6 Å². The highest BCUT2D eigenvalue weighted by molar-refractivity contribution is 5.96. The molecule has 0 aliphatic rings. The van der Waals surface area contributed by atoms with Crippen molar-refractivity contribution in [1.29, 1.82) is 0 Å². The van der Waals surface area contributed by atoms with Gasteiger partial charge in [0.1, 0.15) is 5.75 Å². The third-order valence-electron chi connectivity index (χ3n) is 2.46. The summed E-state index contributed by atoms with van der Waals surface area (Å²) in [4.78, 5) is 11.6. The van der Waals surface area contributed by atoms with Crippen molar-refractivity contribution in [3.05, 3.63) is 28.8 Å². The van der Waals surface area contributed by atoms with Crippen LogP contribution in [0, 0.1) is 13.8 Å². The molecule has 1 aromatic rings. The van der Waals surface area contributed by atoms with Crippen molar-refractivity contribution in [3.8, 4) is 5.75 Å². The second-order valence-corrected chi connectivity index (χ2v) is 4.38. The lowest BCUT2D eigenvalue weighted by Gasteiger charge is -2.16. The Hall–Kier alpha value is -1.31. The molecule has 0 spiro atoms. The van der Waals surface area contributed by atoms with Gasteiger partial charge in [0.15, 0.2) is 5.78 Å². The third kappa shape index (κ3) is 2.84. The normalized spacial score (nSPS) is 10.6. The fourth-order valence-electron chi connectivity index (χ4n) is 1.74. The van der Waals surface area contributed by atoms with Crippen molar-refractivity contribution < 1.29 is 9.53 Å². The molecule has 0 saturated carbocycles. The van der Waals surface area contributed by atoms with E-state index in [1.54, 1.807) is 0 Å². The number of ether oxygens (including phenoxy) is 1. The average molecular weight is 220 g/mol. The molecule has 2 heteroatoms. The van der Waals surface area contributed by atoms with E-state index in [4.69, 9.17) is 4.74 Å². The molecular weight excluding hydrogens is 200 g/mol. The lowest BCUT2D eigenvalue weighted by Crippen LogP contribution is -2.09. The van der Waals surface area contributed by atoms with Crippen LogP contribution in [0.25, 0.3) is 0 Å². The Kier molecular flexibility index (Phi) is 4.11. The summed E-state index contributed by atoms with van der Waals surface area (Å²) in [6, 6.07) is 3.83. The van der Waals surface area contributed by atoms with Gasteiger partial charge in [0, 0.05) is 12.0 Å². The van der Waals surface area contributed by atoms with Gasteiger partial charge in [-0.15, -0.1) is 0 Å². The van der Waals surface area contributed by atoms with E-state index in [2.05, 4.69) is 0 Å². The molecule has 0 aromatic heterocycles. The number of ketones is 1. The molecule has 0 radical (unpaired) electrons. The van der Waals surface area contributed by atoms with Gasteiger partial charge in [0.05, 0.1) is 6.10 Å². The average Bonchev–Trinajstić information content (AvgIpc) is 2.21. The quantitative estimate of drug-likeness (QED) is 0.723. The molecule has 0 aliphatic heterocycles. The van der Waals surface area contributed by atoms with E-state index in [0.717, 1.165) is 22.4 Å². The Morgan fingerprint density at radius 3 is 2.12 bits per heavy atom. The smallest absolute Gasteiger partial charge is 0.162 e. The van der Waals surface area contributed by atoms with Crippen molar-refractivity contribution >= 4 is 5.78 Å². The predicted octanol–water partition coefficient (Wildman–Crippen LogP) is 3.68. The third-order valence-corrected chi connectivity index (χ3v) is 2.46. The summed E-state index contributed by atoms with van der Waals surface area (Å²) in [6.45, 7) is 9.85. The van der Waals surface area contributed by atoms with Crippen LogP contribution in [-0.4, -0.2) is 11.9 Å². The second kappa shape index (κ2) is 5.15. The minimum Gasteiger partial charge on any atom is -0.490 e. The first-order valence-electron chi connectivity index (χ1n) is 5.76. The molecule has 0 aliphatic carbocycles. The van der Waals surface area contributed by atoms with E-state index >= 15 is 0 Å². The molecule has 0 heterocycles.